The van der Waals surface area contributed by atoms with Gasteiger partial charge >= 0.3 is 0 Å². The zero-order chi connectivity index (χ0) is 17.9. The molecule has 0 unspecified atom stereocenters. The number of hydrogen-bond donors (Lipinski definition) is 1. The van der Waals surface area contributed by atoms with Gasteiger partial charge in [0.25, 0.3) is 5.91 Å². The van der Waals surface area contributed by atoms with Crippen LogP contribution in [-0.4, -0.2) is 51.1 Å². The van der Waals surface area contributed by atoms with Crippen molar-refractivity contribution in [1.82, 2.24) is 9.62 Å². The third-order valence-corrected chi connectivity index (χ3v) is 6.47. The third kappa shape index (κ3) is 4.40. The Morgan fingerprint density at radius 2 is 2.08 bits per heavy atom. The molecule has 1 aliphatic heterocycles. The van der Waals surface area contributed by atoms with Gasteiger partial charge in [0, 0.05) is 24.7 Å². The minimum absolute atomic E-state index is 0.00825. The second-order valence-corrected chi connectivity index (χ2v) is 8.50. The highest BCUT2D eigenvalue weighted by Gasteiger charge is 2.26. The van der Waals surface area contributed by atoms with Crippen LogP contribution in [0, 0.1) is 0 Å². The zero-order valence-corrected chi connectivity index (χ0v) is 15.4. The van der Waals surface area contributed by atoms with E-state index in [9.17, 15) is 13.2 Å². The second kappa shape index (κ2) is 7.85. The van der Waals surface area contributed by atoms with Gasteiger partial charge in [-0.15, -0.1) is 0 Å². The topological polar surface area (TPSA) is 75.7 Å². The molecule has 0 aromatic heterocycles. The Balaban J connectivity index is 1.75. The van der Waals surface area contributed by atoms with Gasteiger partial charge in [0.15, 0.2) is 0 Å². The molecule has 2 aliphatic rings. The monoisotopic (exact) mass is 366 g/mol. The highest BCUT2D eigenvalue weighted by Crippen LogP contribution is 2.21. The summed E-state index contributed by atoms with van der Waals surface area (Å²) in [6, 6.07) is 6.34. The lowest BCUT2D eigenvalue weighted by atomic mass is 10.1. The summed E-state index contributed by atoms with van der Waals surface area (Å²) in [5.41, 5.74) is 0.408. The normalized spacial score (nSPS) is 22.3. The van der Waals surface area contributed by atoms with Gasteiger partial charge in [-0.25, -0.2) is 13.1 Å². The molecular weight excluding hydrogens is 340 g/mol. The van der Waals surface area contributed by atoms with Crippen LogP contribution in [0.1, 0.15) is 49.4 Å². The molecule has 7 heteroatoms. The average Bonchev–Trinajstić information content (AvgIpc) is 3.13. The van der Waals surface area contributed by atoms with E-state index in [0.717, 1.165) is 32.1 Å². The Morgan fingerprint density at radius 1 is 1.32 bits per heavy atom. The summed E-state index contributed by atoms with van der Waals surface area (Å²) in [5.74, 6) is -0.139. The number of hydrogen-bond acceptors (Lipinski definition) is 4. The van der Waals surface area contributed by atoms with Crippen LogP contribution in [0.4, 0.5) is 0 Å². The van der Waals surface area contributed by atoms with Crippen LogP contribution in [0.3, 0.4) is 0 Å². The zero-order valence-electron chi connectivity index (χ0n) is 14.6. The number of nitrogens with one attached hydrogen (secondary N) is 1. The predicted octanol–water partition coefficient (Wildman–Crippen LogP) is 2.16. The first-order valence-corrected chi connectivity index (χ1v) is 10.5. The van der Waals surface area contributed by atoms with Crippen molar-refractivity contribution in [1.29, 1.82) is 0 Å². The maximum atomic E-state index is 12.7. The molecule has 25 heavy (non-hydrogen) atoms. The summed E-state index contributed by atoms with van der Waals surface area (Å²) >= 11 is 0. The predicted molar refractivity (Wildman–Crippen MR) is 95.0 cm³/mol. The molecular formula is C18H26N2O4S. The highest BCUT2D eigenvalue weighted by molar-refractivity contribution is 7.89. The first-order valence-electron chi connectivity index (χ1n) is 9.03. The van der Waals surface area contributed by atoms with E-state index >= 15 is 0 Å². The number of carbonyl (C=O) groups excluding carboxylic acids is 1. The molecule has 1 amide bonds. The Labute approximate surface area is 149 Å². The molecule has 1 aromatic rings. The quantitative estimate of drug-likeness (QED) is 0.866. The molecule has 6 nitrogen and oxygen atoms in total. The molecule has 1 N–H and O–H groups in total. The van der Waals surface area contributed by atoms with E-state index < -0.39 is 10.0 Å². The first-order chi connectivity index (χ1) is 12.0. The van der Waals surface area contributed by atoms with Crippen LogP contribution >= 0.6 is 0 Å². The lowest BCUT2D eigenvalue weighted by molar-refractivity contribution is -0.0226. The van der Waals surface area contributed by atoms with E-state index in [4.69, 9.17) is 4.74 Å². The number of benzene rings is 1. The molecule has 1 atom stereocenters. The molecule has 1 aliphatic carbocycles. The Morgan fingerprint density at radius 3 is 2.80 bits per heavy atom. The molecule has 138 valence electrons. The Kier molecular flexibility index (Phi) is 5.76. The number of ether oxygens (including phenoxy) is 1. The molecule has 2 fully saturated rings. The van der Waals surface area contributed by atoms with Crippen LogP contribution in [-0.2, 0) is 14.8 Å². The van der Waals surface area contributed by atoms with Crippen molar-refractivity contribution in [2.45, 2.75) is 56.1 Å². The van der Waals surface area contributed by atoms with Crippen molar-refractivity contribution < 1.29 is 17.9 Å². The number of sulfonamides is 1. The van der Waals surface area contributed by atoms with E-state index in [1.54, 1.807) is 23.1 Å². The largest absolute Gasteiger partial charge is 0.375 e. The number of morpholine rings is 1. The summed E-state index contributed by atoms with van der Waals surface area (Å²) in [5, 5.41) is 0. The van der Waals surface area contributed by atoms with Crippen LogP contribution < -0.4 is 4.72 Å². The second-order valence-electron chi connectivity index (χ2n) is 6.78. The number of nitrogens with zero attached hydrogens (tertiary/aromatic N) is 1. The van der Waals surface area contributed by atoms with Crippen molar-refractivity contribution >= 4 is 15.9 Å². The van der Waals surface area contributed by atoms with Crippen LogP contribution in [0.25, 0.3) is 0 Å². The van der Waals surface area contributed by atoms with Crippen molar-refractivity contribution in [2.75, 3.05) is 19.7 Å². The summed E-state index contributed by atoms with van der Waals surface area (Å²) in [7, 11) is -3.59. The van der Waals surface area contributed by atoms with Crippen LogP contribution in [0.2, 0.25) is 0 Å². The fourth-order valence-corrected chi connectivity index (χ4v) is 4.81. The molecule has 0 bridgehead atoms. The average molecular weight is 366 g/mol. The lowest BCUT2D eigenvalue weighted by Gasteiger charge is -2.32. The van der Waals surface area contributed by atoms with Gasteiger partial charge in [0.2, 0.25) is 10.0 Å². The Hall–Kier alpha value is -1.44. The number of carbonyl (C=O) groups is 1. The maximum absolute atomic E-state index is 12.7. The van der Waals surface area contributed by atoms with Gasteiger partial charge in [-0.1, -0.05) is 25.8 Å². The summed E-state index contributed by atoms with van der Waals surface area (Å²) < 4.78 is 33.5. The Bertz CT molecular complexity index is 714. The molecule has 0 radical (unpaired) electrons. The number of amides is 1. The van der Waals surface area contributed by atoms with Gasteiger partial charge in [-0.05, 0) is 37.5 Å². The van der Waals surface area contributed by atoms with Gasteiger partial charge in [0.05, 0.1) is 17.6 Å². The fraction of sp³-hybridized carbons (Fsp3) is 0.611. The smallest absolute Gasteiger partial charge is 0.254 e. The molecule has 1 saturated carbocycles. The summed E-state index contributed by atoms with van der Waals surface area (Å²) in [6.07, 6.45) is 4.77. The van der Waals surface area contributed by atoms with E-state index in [2.05, 4.69) is 4.72 Å². The minimum atomic E-state index is -3.59. The maximum Gasteiger partial charge on any atom is 0.254 e. The molecule has 1 heterocycles. The lowest BCUT2D eigenvalue weighted by Crippen LogP contribution is -2.45. The van der Waals surface area contributed by atoms with Crippen LogP contribution in [0.5, 0.6) is 0 Å². The van der Waals surface area contributed by atoms with Crippen molar-refractivity contribution in [3.63, 3.8) is 0 Å². The van der Waals surface area contributed by atoms with Gasteiger partial charge in [0.1, 0.15) is 0 Å². The van der Waals surface area contributed by atoms with E-state index in [1.807, 2.05) is 6.92 Å². The fourth-order valence-electron chi connectivity index (χ4n) is 3.46. The summed E-state index contributed by atoms with van der Waals surface area (Å²) in [6.45, 7) is 3.63. The number of rotatable bonds is 5. The molecule has 1 aromatic carbocycles. The molecule has 1 saturated heterocycles. The van der Waals surface area contributed by atoms with Crippen molar-refractivity contribution in [3.8, 4) is 0 Å². The van der Waals surface area contributed by atoms with E-state index in [-0.39, 0.29) is 22.9 Å². The third-order valence-electron chi connectivity index (χ3n) is 4.95. The highest BCUT2D eigenvalue weighted by atomic mass is 32.2. The van der Waals surface area contributed by atoms with Gasteiger partial charge in [-0.2, -0.15) is 0 Å². The SMILES string of the molecule is CC[C@H]1CN(C(=O)c2cccc(S(=O)(=O)NC3CCCC3)c2)CCO1. The first kappa shape index (κ1) is 18.4. The van der Waals surface area contributed by atoms with Crippen molar-refractivity contribution in [2.24, 2.45) is 0 Å². The molecule has 3 rings (SSSR count). The van der Waals surface area contributed by atoms with Gasteiger partial charge in [-0.3, -0.25) is 4.79 Å². The van der Waals surface area contributed by atoms with Crippen molar-refractivity contribution in [3.05, 3.63) is 29.8 Å². The van der Waals surface area contributed by atoms with Gasteiger partial charge < -0.3 is 9.64 Å². The molecule has 0 spiro atoms. The van der Waals surface area contributed by atoms with E-state index in [1.165, 1.54) is 6.07 Å². The summed E-state index contributed by atoms with van der Waals surface area (Å²) in [4.78, 5) is 14.6. The minimum Gasteiger partial charge on any atom is -0.375 e. The van der Waals surface area contributed by atoms with E-state index in [0.29, 0.717) is 25.3 Å². The van der Waals surface area contributed by atoms with Crippen LogP contribution in [0.15, 0.2) is 29.2 Å². The standard InChI is InChI=1S/C18H26N2O4S/c1-2-16-13-20(10-11-24-16)18(21)14-6-5-9-17(12-14)25(22,23)19-15-7-3-4-8-15/h5-6,9,12,15-16,19H,2-4,7-8,10-11,13H2,1H3/t16-/m0/s1.